The van der Waals surface area contributed by atoms with Crippen LogP contribution in [0.4, 0.5) is 5.69 Å². The van der Waals surface area contributed by atoms with Crippen molar-refractivity contribution in [1.29, 1.82) is 0 Å². The summed E-state index contributed by atoms with van der Waals surface area (Å²) in [7, 11) is 0. The van der Waals surface area contributed by atoms with Crippen LogP contribution < -0.4 is 10.6 Å². The highest BCUT2D eigenvalue weighted by molar-refractivity contribution is 5.92. The zero-order chi connectivity index (χ0) is 13.8. The van der Waals surface area contributed by atoms with Crippen molar-refractivity contribution in [1.82, 2.24) is 15.5 Å². The Labute approximate surface area is 116 Å². The van der Waals surface area contributed by atoms with E-state index in [0.29, 0.717) is 12.4 Å². The van der Waals surface area contributed by atoms with E-state index in [0.717, 1.165) is 23.7 Å². The van der Waals surface area contributed by atoms with E-state index in [1.165, 1.54) is 19.2 Å². The molecule has 6 nitrogen and oxygen atoms in total. The Hall–Kier alpha value is -2.21. The highest BCUT2D eigenvalue weighted by Gasteiger charge is 2.20. The van der Waals surface area contributed by atoms with Crippen molar-refractivity contribution in [2.45, 2.75) is 12.8 Å². The van der Waals surface area contributed by atoms with Gasteiger partial charge in [-0.1, -0.05) is 5.16 Å². The smallest absolute Gasteiger partial charge is 0.238 e. The van der Waals surface area contributed by atoms with Crippen LogP contribution in [0.5, 0.6) is 0 Å². The number of carbonyl (C=O) groups excluding carboxylic acids is 1. The molecule has 2 N–H and O–H groups in total. The highest BCUT2D eigenvalue weighted by atomic mass is 16.5. The fraction of sp³-hybridized carbons (Fsp3) is 0.357. The summed E-state index contributed by atoms with van der Waals surface area (Å²) in [5.41, 5.74) is 1.61. The van der Waals surface area contributed by atoms with E-state index in [2.05, 4.69) is 20.8 Å². The number of hydrogen-bond acceptors (Lipinski definition) is 5. The fourth-order valence-corrected chi connectivity index (χ4v) is 1.92. The molecular formula is C14H16N4O2. The van der Waals surface area contributed by atoms with Gasteiger partial charge in [0.25, 0.3) is 0 Å². The van der Waals surface area contributed by atoms with Crippen LogP contribution in [0.1, 0.15) is 12.8 Å². The van der Waals surface area contributed by atoms with Gasteiger partial charge in [0.15, 0.2) is 0 Å². The number of aromatic nitrogens is 2. The third-order valence-electron chi connectivity index (χ3n) is 3.20. The van der Waals surface area contributed by atoms with Crippen LogP contribution in [-0.4, -0.2) is 29.1 Å². The molecule has 1 aromatic heterocycles. The summed E-state index contributed by atoms with van der Waals surface area (Å²) < 4.78 is 4.69. The average Bonchev–Trinajstić information content (AvgIpc) is 3.11. The summed E-state index contributed by atoms with van der Waals surface area (Å²) in [6.45, 7) is 1.28. The van der Waals surface area contributed by atoms with E-state index in [1.807, 2.05) is 24.3 Å². The van der Waals surface area contributed by atoms with Crippen LogP contribution in [0.25, 0.3) is 11.4 Å². The van der Waals surface area contributed by atoms with Gasteiger partial charge < -0.3 is 15.2 Å². The van der Waals surface area contributed by atoms with Crippen LogP contribution in [0.15, 0.2) is 35.2 Å². The molecule has 1 heterocycles. The summed E-state index contributed by atoms with van der Waals surface area (Å²) in [6, 6.07) is 7.34. The van der Waals surface area contributed by atoms with Crippen molar-refractivity contribution in [2.75, 3.05) is 18.4 Å². The quantitative estimate of drug-likeness (QED) is 0.836. The monoisotopic (exact) mass is 272 g/mol. The van der Waals surface area contributed by atoms with Crippen LogP contribution in [0, 0.1) is 5.92 Å². The number of rotatable bonds is 6. The molecule has 0 bridgehead atoms. The largest absolute Gasteiger partial charge is 0.342 e. The molecule has 0 spiro atoms. The summed E-state index contributed by atoms with van der Waals surface area (Å²) in [4.78, 5) is 15.7. The van der Waals surface area contributed by atoms with Gasteiger partial charge in [0, 0.05) is 11.3 Å². The molecule has 6 heteroatoms. The lowest BCUT2D eigenvalue weighted by Gasteiger charge is -2.06. The third-order valence-corrected chi connectivity index (χ3v) is 3.20. The molecule has 0 unspecified atom stereocenters. The van der Waals surface area contributed by atoms with E-state index in [9.17, 15) is 4.79 Å². The SMILES string of the molecule is O=C(CNCC1CC1)Nc1ccc(-c2ncon2)cc1. The average molecular weight is 272 g/mol. The van der Waals surface area contributed by atoms with Crippen molar-refractivity contribution in [2.24, 2.45) is 5.92 Å². The molecule has 20 heavy (non-hydrogen) atoms. The maximum Gasteiger partial charge on any atom is 0.238 e. The second kappa shape index (κ2) is 5.83. The van der Waals surface area contributed by atoms with E-state index < -0.39 is 0 Å². The molecule has 1 saturated carbocycles. The van der Waals surface area contributed by atoms with Gasteiger partial charge in [-0.25, -0.2) is 0 Å². The normalized spacial score (nSPS) is 14.2. The van der Waals surface area contributed by atoms with E-state index in [-0.39, 0.29) is 5.91 Å². The summed E-state index contributed by atoms with van der Waals surface area (Å²) >= 11 is 0. The van der Waals surface area contributed by atoms with Gasteiger partial charge in [-0.05, 0) is 49.6 Å². The van der Waals surface area contributed by atoms with Crippen molar-refractivity contribution in [3.63, 3.8) is 0 Å². The zero-order valence-corrected chi connectivity index (χ0v) is 11.0. The Bertz CT molecular complexity index is 561. The van der Waals surface area contributed by atoms with Gasteiger partial charge in [0.05, 0.1) is 6.54 Å². The third kappa shape index (κ3) is 3.42. The molecular weight excluding hydrogens is 256 g/mol. The number of hydrogen-bond donors (Lipinski definition) is 2. The predicted octanol–water partition coefficient (Wildman–Crippen LogP) is 1.67. The Kier molecular flexibility index (Phi) is 3.73. The Morgan fingerprint density at radius 3 is 2.75 bits per heavy atom. The van der Waals surface area contributed by atoms with E-state index >= 15 is 0 Å². The van der Waals surface area contributed by atoms with Crippen molar-refractivity contribution >= 4 is 11.6 Å². The minimum absolute atomic E-state index is 0.0297. The van der Waals surface area contributed by atoms with Crippen LogP contribution in [-0.2, 0) is 4.79 Å². The Morgan fingerprint density at radius 2 is 2.10 bits per heavy atom. The van der Waals surface area contributed by atoms with Crippen molar-refractivity contribution in [3.8, 4) is 11.4 Å². The highest BCUT2D eigenvalue weighted by Crippen LogP contribution is 2.27. The summed E-state index contributed by atoms with van der Waals surface area (Å²) in [5.74, 6) is 1.28. The van der Waals surface area contributed by atoms with Gasteiger partial charge in [0.1, 0.15) is 0 Å². The first-order valence-electron chi connectivity index (χ1n) is 6.68. The van der Waals surface area contributed by atoms with Gasteiger partial charge in [0.2, 0.25) is 18.1 Å². The molecule has 2 aromatic rings. The Balaban J connectivity index is 1.50. The molecule has 1 amide bonds. The van der Waals surface area contributed by atoms with Gasteiger partial charge in [-0.2, -0.15) is 4.98 Å². The number of benzene rings is 1. The number of nitrogens with one attached hydrogen (secondary N) is 2. The lowest BCUT2D eigenvalue weighted by atomic mass is 10.2. The standard InChI is InChI=1S/C14H16N4O2/c19-13(8-15-7-10-1-2-10)17-12-5-3-11(4-6-12)14-16-9-20-18-14/h3-6,9-10,15H,1-2,7-8H2,(H,17,19). The van der Waals surface area contributed by atoms with Gasteiger partial charge >= 0.3 is 0 Å². The number of carbonyl (C=O) groups is 1. The number of anilines is 1. The minimum atomic E-state index is -0.0297. The molecule has 1 aliphatic carbocycles. The summed E-state index contributed by atoms with van der Waals surface area (Å²) in [5, 5.41) is 9.76. The first kappa shape index (κ1) is 12.8. The molecule has 1 aliphatic rings. The molecule has 1 aromatic carbocycles. The molecule has 0 atom stereocenters. The summed E-state index contributed by atoms with van der Waals surface area (Å²) in [6.07, 6.45) is 3.86. The Morgan fingerprint density at radius 1 is 1.30 bits per heavy atom. The second-order valence-electron chi connectivity index (χ2n) is 4.95. The lowest BCUT2D eigenvalue weighted by molar-refractivity contribution is -0.115. The lowest BCUT2D eigenvalue weighted by Crippen LogP contribution is -2.29. The number of nitrogens with zero attached hydrogens (tertiary/aromatic N) is 2. The zero-order valence-electron chi connectivity index (χ0n) is 11.0. The molecule has 0 saturated heterocycles. The molecule has 0 aliphatic heterocycles. The molecule has 0 radical (unpaired) electrons. The first-order valence-corrected chi connectivity index (χ1v) is 6.68. The first-order chi connectivity index (χ1) is 9.81. The van der Waals surface area contributed by atoms with Crippen LogP contribution in [0.2, 0.25) is 0 Å². The van der Waals surface area contributed by atoms with Crippen molar-refractivity contribution < 1.29 is 9.32 Å². The maximum atomic E-state index is 11.7. The van der Waals surface area contributed by atoms with E-state index in [1.54, 1.807) is 0 Å². The number of amides is 1. The van der Waals surface area contributed by atoms with Crippen LogP contribution >= 0.6 is 0 Å². The molecule has 1 fully saturated rings. The molecule has 104 valence electrons. The topological polar surface area (TPSA) is 80.0 Å². The van der Waals surface area contributed by atoms with Crippen molar-refractivity contribution in [3.05, 3.63) is 30.7 Å². The molecule has 3 rings (SSSR count). The fourth-order valence-electron chi connectivity index (χ4n) is 1.92. The maximum absolute atomic E-state index is 11.7. The van der Waals surface area contributed by atoms with Crippen LogP contribution in [0.3, 0.4) is 0 Å². The van der Waals surface area contributed by atoms with Gasteiger partial charge in [-0.15, -0.1) is 0 Å². The van der Waals surface area contributed by atoms with Gasteiger partial charge in [-0.3, -0.25) is 4.79 Å². The van der Waals surface area contributed by atoms with E-state index in [4.69, 9.17) is 4.52 Å². The minimum Gasteiger partial charge on any atom is -0.342 e. The predicted molar refractivity (Wildman–Crippen MR) is 74.0 cm³/mol. The second-order valence-corrected chi connectivity index (χ2v) is 4.95.